The summed E-state index contributed by atoms with van der Waals surface area (Å²) in [6.07, 6.45) is 6.80. The summed E-state index contributed by atoms with van der Waals surface area (Å²) in [5, 5.41) is 2.77. The van der Waals surface area contributed by atoms with Gasteiger partial charge in [0.15, 0.2) is 5.82 Å². The second-order valence-corrected chi connectivity index (χ2v) is 11.5. The van der Waals surface area contributed by atoms with Crippen molar-refractivity contribution >= 4 is 21.6 Å². The van der Waals surface area contributed by atoms with Gasteiger partial charge in [-0.1, -0.05) is 0 Å². The van der Waals surface area contributed by atoms with Crippen LogP contribution >= 0.6 is 0 Å². The zero-order chi connectivity index (χ0) is 23.9. The Kier molecular flexibility index (Phi) is 6.05. The molecule has 1 amide bonds. The van der Waals surface area contributed by atoms with E-state index in [1.165, 1.54) is 35.5 Å². The van der Waals surface area contributed by atoms with E-state index >= 15 is 0 Å². The van der Waals surface area contributed by atoms with Crippen LogP contribution in [0, 0.1) is 17.0 Å². The normalized spacial score (nSPS) is 22.2. The molecule has 7 nitrogen and oxygen atoms in total. The van der Waals surface area contributed by atoms with Gasteiger partial charge >= 0.3 is 0 Å². The molecule has 1 saturated carbocycles. The van der Waals surface area contributed by atoms with Gasteiger partial charge in [-0.15, -0.1) is 0 Å². The second kappa shape index (κ2) is 8.88. The number of carbonyl (C=O) groups excluding carboxylic acids is 1. The Labute approximate surface area is 198 Å². The smallest absolute Gasteiger partial charge is 0.243 e. The minimum atomic E-state index is -3.93. The van der Waals surface area contributed by atoms with Crippen molar-refractivity contribution in [2.24, 2.45) is 5.41 Å². The first kappa shape index (κ1) is 23.2. The Hall–Kier alpha value is -2.59. The molecular formula is C24H28F2N4O3S. The van der Waals surface area contributed by atoms with Crippen molar-refractivity contribution in [2.75, 3.05) is 24.5 Å². The van der Waals surface area contributed by atoms with Crippen LogP contribution in [0.15, 0.2) is 41.4 Å². The van der Waals surface area contributed by atoms with Gasteiger partial charge in [0.2, 0.25) is 15.9 Å². The van der Waals surface area contributed by atoms with Crippen molar-refractivity contribution in [1.82, 2.24) is 14.6 Å². The summed E-state index contributed by atoms with van der Waals surface area (Å²) in [5.41, 5.74) is 1.50. The number of rotatable bonds is 6. The molecule has 1 aromatic carbocycles. The Morgan fingerprint density at radius 3 is 2.47 bits per heavy atom. The van der Waals surface area contributed by atoms with E-state index in [2.05, 4.69) is 10.3 Å². The number of pyridine rings is 1. The monoisotopic (exact) mass is 490 g/mol. The van der Waals surface area contributed by atoms with E-state index in [4.69, 9.17) is 0 Å². The van der Waals surface area contributed by atoms with E-state index in [0.29, 0.717) is 29.6 Å². The molecule has 1 aliphatic carbocycles. The predicted octanol–water partition coefficient (Wildman–Crippen LogP) is 3.21. The minimum absolute atomic E-state index is 0.0482. The lowest BCUT2D eigenvalue weighted by atomic mass is 9.93. The van der Waals surface area contributed by atoms with Crippen molar-refractivity contribution < 1.29 is 22.0 Å². The van der Waals surface area contributed by atoms with Crippen LogP contribution in [-0.2, 0) is 21.4 Å². The molecule has 10 heteroatoms. The van der Waals surface area contributed by atoms with Gasteiger partial charge in [-0.25, -0.2) is 17.2 Å². The lowest BCUT2D eigenvalue weighted by molar-refractivity contribution is -0.124. The van der Waals surface area contributed by atoms with Crippen LogP contribution in [0.3, 0.4) is 0 Å². The fourth-order valence-electron chi connectivity index (χ4n) is 5.03. The highest BCUT2D eigenvalue weighted by molar-refractivity contribution is 7.89. The number of nitrogens with zero attached hydrogens (tertiary/aromatic N) is 3. The topological polar surface area (TPSA) is 82.6 Å². The number of hydrogen-bond donors (Lipinski definition) is 1. The number of aromatic nitrogens is 1. The number of benzene rings is 1. The average Bonchev–Trinajstić information content (AvgIpc) is 3.38. The molecule has 2 aliphatic heterocycles. The maximum Gasteiger partial charge on any atom is 0.243 e. The van der Waals surface area contributed by atoms with Gasteiger partial charge in [-0.3, -0.25) is 9.78 Å². The Bertz CT molecular complexity index is 1180. The number of hydrogen-bond acceptors (Lipinski definition) is 5. The molecule has 1 unspecified atom stereocenters. The molecule has 1 atom stereocenters. The molecule has 0 radical (unpaired) electrons. The summed E-state index contributed by atoms with van der Waals surface area (Å²) in [4.78, 5) is 19.0. The molecule has 2 aromatic rings. The largest absolute Gasteiger partial charge is 0.369 e. The molecule has 3 aliphatic rings. The highest BCUT2D eigenvalue weighted by atomic mass is 32.2. The zero-order valence-electron chi connectivity index (χ0n) is 18.8. The van der Waals surface area contributed by atoms with E-state index in [1.54, 1.807) is 6.07 Å². The summed E-state index contributed by atoms with van der Waals surface area (Å²) in [6.45, 7) is 1.91. The molecule has 182 valence electrons. The summed E-state index contributed by atoms with van der Waals surface area (Å²) >= 11 is 0. The third-order valence-electron chi connectivity index (χ3n) is 7.38. The summed E-state index contributed by atoms with van der Waals surface area (Å²) < 4.78 is 54.9. The molecule has 1 spiro atoms. The van der Waals surface area contributed by atoms with Crippen LogP contribution in [0.2, 0.25) is 0 Å². The molecule has 1 aromatic heterocycles. The van der Waals surface area contributed by atoms with E-state index < -0.39 is 27.8 Å². The standard InChI is InChI=1S/C24H28F2N4O3S/c25-17-3-5-19(6-4-17)34(32,33)30-11-1-2-21(30)23(31)28-15-18-14-22(20(26)16-27-18)29-12-9-24(7-8-24)10-13-29/h3-6,14,16,21H,1-2,7-13,15H2,(H,28,31). The number of carbonyl (C=O) groups is 1. The summed E-state index contributed by atoms with van der Waals surface area (Å²) in [7, 11) is -3.93. The first-order chi connectivity index (χ1) is 16.3. The number of piperidine rings is 1. The van der Waals surface area contributed by atoms with Gasteiger partial charge in [0.05, 0.1) is 29.0 Å². The van der Waals surface area contributed by atoms with Crippen LogP contribution in [0.5, 0.6) is 0 Å². The zero-order valence-corrected chi connectivity index (χ0v) is 19.7. The number of sulfonamides is 1. The first-order valence-corrected chi connectivity index (χ1v) is 13.2. The molecule has 1 N–H and O–H groups in total. The second-order valence-electron chi connectivity index (χ2n) is 9.56. The van der Waals surface area contributed by atoms with Crippen LogP contribution < -0.4 is 10.2 Å². The number of halogens is 2. The lowest BCUT2D eigenvalue weighted by Crippen LogP contribution is -2.45. The fraction of sp³-hybridized carbons (Fsp3) is 0.500. The van der Waals surface area contributed by atoms with Gasteiger partial charge in [0, 0.05) is 19.6 Å². The van der Waals surface area contributed by atoms with Gasteiger partial charge in [-0.05, 0) is 74.3 Å². The van der Waals surface area contributed by atoms with Crippen molar-refractivity contribution in [3.63, 3.8) is 0 Å². The average molecular weight is 491 g/mol. The maximum absolute atomic E-state index is 14.5. The molecule has 0 bridgehead atoms. The van der Waals surface area contributed by atoms with Crippen molar-refractivity contribution in [2.45, 2.75) is 56.0 Å². The highest BCUT2D eigenvalue weighted by Crippen LogP contribution is 2.54. The van der Waals surface area contributed by atoms with Crippen molar-refractivity contribution in [1.29, 1.82) is 0 Å². The first-order valence-electron chi connectivity index (χ1n) is 11.7. The fourth-order valence-corrected chi connectivity index (χ4v) is 6.69. The quantitative estimate of drug-likeness (QED) is 0.673. The maximum atomic E-state index is 14.5. The Morgan fingerprint density at radius 2 is 1.79 bits per heavy atom. The Morgan fingerprint density at radius 1 is 1.09 bits per heavy atom. The molecule has 3 heterocycles. The van der Waals surface area contributed by atoms with E-state index in [-0.39, 0.29) is 23.8 Å². The minimum Gasteiger partial charge on any atom is -0.369 e. The third-order valence-corrected chi connectivity index (χ3v) is 9.31. The molecule has 2 saturated heterocycles. The molecule has 3 fully saturated rings. The van der Waals surface area contributed by atoms with Gasteiger partial charge in [0.1, 0.15) is 11.9 Å². The number of anilines is 1. The van der Waals surface area contributed by atoms with Gasteiger partial charge in [-0.2, -0.15) is 4.31 Å². The predicted molar refractivity (Wildman–Crippen MR) is 122 cm³/mol. The van der Waals surface area contributed by atoms with Crippen molar-refractivity contribution in [3.8, 4) is 0 Å². The van der Waals surface area contributed by atoms with Gasteiger partial charge in [0.25, 0.3) is 0 Å². The third kappa shape index (κ3) is 4.53. The van der Waals surface area contributed by atoms with Crippen molar-refractivity contribution in [3.05, 3.63) is 53.9 Å². The summed E-state index contributed by atoms with van der Waals surface area (Å²) in [6, 6.07) is 5.39. The van der Waals surface area contributed by atoms with Crippen LogP contribution in [0.1, 0.15) is 44.2 Å². The number of amides is 1. The van der Waals surface area contributed by atoms with Gasteiger partial charge < -0.3 is 10.2 Å². The van der Waals surface area contributed by atoms with E-state index in [9.17, 15) is 22.0 Å². The number of nitrogens with one attached hydrogen (secondary N) is 1. The van der Waals surface area contributed by atoms with Crippen LogP contribution in [0.25, 0.3) is 0 Å². The molecule has 5 rings (SSSR count). The highest BCUT2D eigenvalue weighted by Gasteiger charge is 2.44. The lowest BCUT2D eigenvalue weighted by Gasteiger charge is -2.34. The molecule has 34 heavy (non-hydrogen) atoms. The van der Waals surface area contributed by atoms with E-state index in [1.807, 2.05) is 4.90 Å². The van der Waals surface area contributed by atoms with Crippen LogP contribution in [-0.4, -0.2) is 49.3 Å². The summed E-state index contributed by atoms with van der Waals surface area (Å²) in [5.74, 6) is -1.34. The van der Waals surface area contributed by atoms with E-state index in [0.717, 1.165) is 38.1 Å². The van der Waals surface area contributed by atoms with Crippen LogP contribution in [0.4, 0.5) is 14.5 Å². The SMILES string of the molecule is O=C(NCc1cc(N2CCC3(CC2)CC3)c(F)cn1)C1CCCN1S(=O)(=O)c1ccc(F)cc1. The molecular weight excluding hydrogens is 462 g/mol. The Balaban J connectivity index is 1.24.